The van der Waals surface area contributed by atoms with Gasteiger partial charge >= 0.3 is 12.2 Å². The Bertz CT molecular complexity index is 1250. The van der Waals surface area contributed by atoms with Gasteiger partial charge in [0.2, 0.25) is 0 Å². The van der Waals surface area contributed by atoms with Crippen LogP contribution in [0.15, 0.2) is 66.7 Å². The first-order valence-corrected chi connectivity index (χ1v) is 11.7. The zero-order valence-corrected chi connectivity index (χ0v) is 19.3. The van der Waals surface area contributed by atoms with Crippen LogP contribution in [0.3, 0.4) is 0 Å². The highest BCUT2D eigenvalue weighted by molar-refractivity contribution is 5.95. The van der Waals surface area contributed by atoms with Gasteiger partial charge in [-0.05, 0) is 48.2 Å². The number of amides is 2. The van der Waals surface area contributed by atoms with Crippen LogP contribution in [0.4, 0.5) is 38.1 Å². The molecule has 3 aromatic rings. The number of fused-ring (bicyclic) bond motifs is 1. The summed E-state index contributed by atoms with van der Waals surface area (Å²) in [6, 6.07) is 15.6. The van der Waals surface area contributed by atoms with Crippen molar-refractivity contribution in [3.63, 3.8) is 0 Å². The van der Waals surface area contributed by atoms with Crippen molar-refractivity contribution in [2.24, 2.45) is 0 Å². The molecule has 9 heteroatoms. The molecule has 0 spiro atoms. The molecule has 0 atom stereocenters. The van der Waals surface area contributed by atoms with Gasteiger partial charge in [0, 0.05) is 25.7 Å². The first-order valence-electron chi connectivity index (χ1n) is 11.7. The molecule has 2 amide bonds. The Morgan fingerprint density at radius 1 is 0.833 bits per heavy atom. The van der Waals surface area contributed by atoms with Crippen LogP contribution in [0.5, 0.6) is 0 Å². The average Bonchev–Trinajstić information content (AvgIpc) is 2.86. The Kier molecular flexibility index (Phi) is 6.32. The number of hydrogen-bond donors (Lipinski definition) is 0. The van der Waals surface area contributed by atoms with E-state index in [1.54, 1.807) is 21.9 Å². The van der Waals surface area contributed by atoms with E-state index in [1.165, 1.54) is 41.3 Å². The van der Waals surface area contributed by atoms with Crippen LogP contribution in [-0.4, -0.2) is 30.1 Å². The standard InChI is InChI=1S/C27H24F5N3O/c28-22-9-5-10-23(29)25(22)33-14-12-20(13-15-33)34-17-19-7-2-4-11-24(19)35(26(34)36)16-18-6-1-3-8-21(18)27(30,31)32/h1-11,20H,12-17H2. The summed E-state index contributed by atoms with van der Waals surface area (Å²) in [5, 5.41) is 0. The Hall–Kier alpha value is -3.62. The van der Waals surface area contributed by atoms with E-state index in [1.807, 2.05) is 12.1 Å². The van der Waals surface area contributed by atoms with Crippen molar-refractivity contribution in [3.8, 4) is 0 Å². The third kappa shape index (κ3) is 4.50. The van der Waals surface area contributed by atoms with Crippen molar-refractivity contribution in [2.45, 2.75) is 38.1 Å². The summed E-state index contributed by atoms with van der Waals surface area (Å²) in [4.78, 5) is 18.4. The largest absolute Gasteiger partial charge is 0.416 e. The fourth-order valence-corrected chi connectivity index (χ4v) is 5.15. The van der Waals surface area contributed by atoms with E-state index in [-0.39, 0.29) is 29.9 Å². The lowest BCUT2D eigenvalue weighted by molar-refractivity contribution is -0.138. The van der Waals surface area contributed by atoms with Crippen LogP contribution in [0.1, 0.15) is 29.5 Å². The van der Waals surface area contributed by atoms with E-state index in [2.05, 4.69) is 0 Å². The van der Waals surface area contributed by atoms with E-state index in [4.69, 9.17) is 0 Å². The number of anilines is 2. The molecule has 2 aliphatic heterocycles. The second-order valence-corrected chi connectivity index (χ2v) is 9.07. The van der Waals surface area contributed by atoms with Gasteiger partial charge in [-0.3, -0.25) is 4.90 Å². The van der Waals surface area contributed by atoms with E-state index < -0.39 is 23.4 Å². The minimum atomic E-state index is -4.54. The fraction of sp³-hybridized carbons (Fsp3) is 0.296. The minimum Gasteiger partial charge on any atom is -0.367 e. The van der Waals surface area contributed by atoms with E-state index >= 15 is 0 Å². The molecule has 5 rings (SSSR count). The zero-order chi connectivity index (χ0) is 25.4. The molecule has 0 N–H and O–H groups in total. The molecular weight excluding hydrogens is 477 g/mol. The summed E-state index contributed by atoms with van der Waals surface area (Å²) in [7, 11) is 0. The molecule has 1 fully saturated rings. The lowest BCUT2D eigenvalue weighted by atomic mass is 9.99. The highest BCUT2D eigenvalue weighted by Gasteiger charge is 2.38. The van der Waals surface area contributed by atoms with Gasteiger partial charge in [0.15, 0.2) is 0 Å². The van der Waals surface area contributed by atoms with Crippen LogP contribution in [0.25, 0.3) is 0 Å². The summed E-state index contributed by atoms with van der Waals surface area (Å²) < 4.78 is 69.4. The molecular formula is C27H24F5N3O. The summed E-state index contributed by atoms with van der Waals surface area (Å²) in [5.41, 5.74) is 0.592. The van der Waals surface area contributed by atoms with Gasteiger partial charge in [-0.2, -0.15) is 13.2 Å². The third-order valence-electron chi connectivity index (χ3n) is 6.91. The SMILES string of the molecule is O=C1N(Cc2ccccc2C(F)(F)F)c2ccccc2CN1C1CCN(c2c(F)cccc2F)CC1. The molecule has 1 saturated heterocycles. The normalized spacial score (nSPS) is 16.9. The van der Waals surface area contributed by atoms with Crippen LogP contribution < -0.4 is 9.80 Å². The smallest absolute Gasteiger partial charge is 0.367 e. The number of nitrogens with zero attached hydrogens (tertiary/aromatic N) is 3. The number of urea groups is 1. The third-order valence-corrected chi connectivity index (χ3v) is 6.91. The molecule has 4 nitrogen and oxygen atoms in total. The lowest BCUT2D eigenvalue weighted by Gasteiger charge is -2.44. The number of halogens is 5. The van der Waals surface area contributed by atoms with Crippen LogP contribution in [0, 0.1) is 11.6 Å². The van der Waals surface area contributed by atoms with Gasteiger partial charge in [0.25, 0.3) is 0 Å². The quantitative estimate of drug-likeness (QED) is 0.377. The van der Waals surface area contributed by atoms with Gasteiger partial charge in [-0.1, -0.05) is 42.5 Å². The fourth-order valence-electron chi connectivity index (χ4n) is 5.15. The van der Waals surface area contributed by atoms with Gasteiger partial charge < -0.3 is 9.80 Å². The van der Waals surface area contributed by atoms with Gasteiger partial charge in [0.1, 0.15) is 17.3 Å². The second kappa shape index (κ2) is 9.44. The average molecular weight is 501 g/mol. The predicted molar refractivity (Wildman–Crippen MR) is 127 cm³/mol. The summed E-state index contributed by atoms with van der Waals surface area (Å²) in [6.07, 6.45) is -3.58. The number of carbonyl (C=O) groups is 1. The Morgan fingerprint density at radius 3 is 2.17 bits per heavy atom. The molecule has 2 aliphatic rings. The molecule has 0 unspecified atom stereocenters. The van der Waals surface area contributed by atoms with Crippen molar-refractivity contribution in [2.75, 3.05) is 22.9 Å². The summed E-state index contributed by atoms with van der Waals surface area (Å²) >= 11 is 0. The molecule has 0 aromatic heterocycles. The summed E-state index contributed by atoms with van der Waals surface area (Å²) in [5.74, 6) is -1.27. The number of hydrogen-bond acceptors (Lipinski definition) is 2. The molecule has 188 valence electrons. The molecule has 2 heterocycles. The van der Waals surface area contributed by atoms with Crippen molar-refractivity contribution < 1.29 is 26.7 Å². The molecule has 0 saturated carbocycles. The van der Waals surface area contributed by atoms with Gasteiger partial charge in [-0.15, -0.1) is 0 Å². The minimum absolute atomic E-state index is 0.0138. The Labute approximate surface area is 205 Å². The first-order chi connectivity index (χ1) is 17.2. The zero-order valence-electron chi connectivity index (χ0n) is 19.3. The van der Waals surface area contributed by atoms with Crippen LogP contribution >= 0.6 is 0 Å². The van der Waals surface area contributed by atoms with Crippen molar-refractivity contribution in [1.29, 1.82) is 0 Å². The maximum Gasteiger partial charge on any atom is 0.416 e. The molecule has 0 radical (unpaired) electrons. The Morgan fingerprint density at radius 2 is 1.47 bits per heavy atom. The van der Waals surface area contributed by atoms with E-state index in [0.29, 0.717) is 38.2 Å². The predicted octanol–water partition coefficient (Wildman–Crippen LogP) is 6.59. The second-order valence-electron chi connectivity index (χ2n) is 9.07. The Balaban J connectivity index is 1.39. The van der Waals surface area contributed by atoms with E-state index in [9.17, 15) is 26.7 Å². The number of rotatable bonds is 4. The lowest BCUT2D eigenvalue weighted by Crippen LogP contribution is -2.54. The monoisotopic (exact) mass is 501 g/mol. The number of benzene rings is 3. The molecule has 36 heavy (non-hydrogen) atoms. The number of carbonyl (C=O) groups excluding carboxylic acids is 1. The van der Waals surface area contributed by atoms with Crippen molar-refractivity contribution >= 4 is 17.4 Å². The van der Waals surface area contributed by atoms with Gasteiger partial charge in [0.05, 0.1) is 17.8 Å². The van der Waals surface area contributed by atoms with Crippen LogP contribution in [-0.2, 0) is 19.3 Å². The highest BCUT2D eigenvalue weighted by atomic mass is 19.4. The van der Waals surface area contributed by atoms with Crippen LogP contribution in [0.2, 0.25) is 0 Å². The first kappa shape index (κ1) is 24.1. The number of alkyl halides is 3. The maximum atomic E-state index is 14.3. The molecule has 3 aromatic carbocycles. The van der Waals surface area contributed by atoms with Crippen molar-refractivity contribution in [1.82, 2.24) is 4.90 Å². The number of para-hydroxylation sites is 2. The van der Waals surface area contributed by atoms with Crippen molar-refractivity contribution in [3.05, 3.63) is 95.1 Å². The number of piperidine rings is 1. The molecule has 0 aliphatic carbocycles. The summed E-state index contributed by atoms with van der Waals surface area (Å²) in [6.45, 7) is 0.808. The topological polar surface area (TPSA) is 26.8 Å². The molecule has 0 bridgehead atoms. The maximum absolute atomic E-state index is 14.3. The van der Waals surface area contributed by atoms with E-state index in [0.717, 1.165) is 11.6 Å². The highest BCUT2D eigenvalue weighted by Crippen LogP contribution is 2.37. The van der Waals surface area contributed by atoms with Gasteiger partial charge in [-0.25, -0.2) is 13.6 Å².